The summed E-state index contributed by atoms with van der Waals surface area (Å²) < 4.78 is 0. The van der Waals surface area contributed by atoms with Gasteiger partial charge in [0.25, 0.3) is 0 Å². The van der Waals surface area contributed by atoms with Crippen molar-refractivity contribution in [3.8, 4) is 0 Å². The highest BCUT2D eigenvalue weighted by Gasteiger charge is 2.23. The Hall–Kier alpha value is -1.02. The number of benzene rings is 1. The van der Waals surface area contributed by atoms with E-state index in [0.29, 0.717) is 6.04 Å². The van der Waals surface area contributed by atoms with Crippen LogP contribution in [0.1, 0.15) is 32.3 Å². The predicted octanol–water partition coefficient (Wildman–Crippen LogP) is 3.53. The van der Waals surface area contributed by atoms with Crippen molar-refractivity contribution in [2.24, 2.45) is 5.92 Å². The lowest BCUT2D eigenvalue weighted by Gasteiger charge is -2.35. The van der Waals surface area contributed by atoms with Crippen molar-refractivity contribution in [3.63, 3.8) is 0 Å². The summed E-state index contributed by atoms with van der Waals surface area (Å²) in [5.74, 6) is 0.812. The molecule has 2 rings (SSSR count). The van der Waals surface area contributed by atoms with Gasteiger partial charge in [0, 0.05) is 11.7 Å². The molecule has 0 aliphatic carbocycles. The second-order valence-electron chi connectivity index (χ2n) is 5.52. The lowest BCUT2D eigenvalue weighted by molar-refractivity contribution is 0.183. The summed E-state index contributed by atoms with van der Waals surface area (Å²) in [5, 5.41) is 3.69. The average Bonchev–Trinajstić information content (AvgIpc) is 2.41. The number of nitrogens with zero attached hydrogens (tertiary/aromatic N) is 1. The molecule has 2 heteroatoms. The summed E-state index contributed by atoms with van der Waals surface area (Å²) in [5.41, 5.74) is 2.64. The topological polar surface area (TPSA) is 15.3 Å². The number of rotatable bonds is 4. The van der Waals surface area contributed by atoms with Gasteiger partial charge in [0.15, 0.2) is 0 Å². The van der Waals surface area contributed by atoms with E-state index < -0.39 is 0 Å². The lowest BCUT2D eigenvalue weighted by Crippen LogP contribution is -2.39. The first-order chi connectivity index (χ1) is 8.70. The minimum absolute atomic E-state index is 0.574. The van der Waals surface area contributed by atoms with Gasteiger partial charge >= 0.3 is 0 Å². The molecule has 100 valence electrons. The molecule has 1 saturated heterocycles. The predicted molar refractivity (Wildman–Crippen MR) is 79.1 cm³/mol. The Bertz CT molecular complexity index is 367. The summed E-state index contributed by atoms with van der Waals surface area (Å²) in [6.07, 6.45) is 2.65. The highest BCUT2D eigenvalue weighted by molar-refractivity contribution is 5.50. The van der Waals surface area contributed by atoms with Gasteiger partial charge < -0.3 is 10.2 Å². The molecule has 1 aliphatic heterocycles. The number of hydrogen-bond donors (Lipinski definition) is 1. The van der Waals surface area contributed by atoms with Crippen molar-refractivity contribution < 1.29 is 0 Å². The standard InChI is InChI=1S/C16H26N2/c1-4-18-11-9-15(10-12-18)14(3)17-16-8-6-5-7-13(16)2/h5-8,14-15,17H,4,9-12H2,1-3H3. The van der Waals surface area contributed by atoms with E-state index in [4.69, 9.17) is 0 Å². The molecular weight excluding hydrogens is 220 g/mol. The van der Waals surface area contributed by atoms with Gasteiger partial charge in [-0.3, -0.25) is 0 Å². The van der Waals surface area contributed by atoms with Crippen LogP contribution in [0.5, 0.6) is 0 Å². The molecule has 0 amide bonds. The van der Waals surface area contributed by atoms with Gasteiger partial charge in [0.2, 0.25) is 0 Å². The van der Waals surface area contributed by atoms with Crippen molar-refractivity contribution in [1.82, 2.24) is 4.90 Å². The van der Waals surface area contributed by atoms with Crippen molar-refractivity contribution in [3.05, 3.63) is 29.8 Å². The van der Waals surface area contributed by atoms with Gasteiger partial charge in [-0.1, -0.05) is 25.1 Å². The summed E-state index contributed by atoms with van der Waals surface area (Å²) >= 11 is 0. The minimum Gasteiger partial charge on any atom is -0.382 e. The number of likely N-dealkylation sites (tertiary alicyclic amines) is 1. The van der Waals surface area contributed by atoms with Crippen LogP contribution in [0.2, 0.25) is 0 Å². The Morgan fingerprint density at radius 2 is 1.94 bits per heavy atom. The zero-order valence-corrected chi connectivity index (χ0v) is 11.9. The monoisotopic (exact) mass is 246 g/mol. The first kappa shape index (κ1) is 13.4. The van der Waals surface area contributed by atoms with E-state index in [-0.39, 0.29) is 0 Å². The molecule has 1 aromatic rings. The summed E-state index contributed by atoms with van der Waals surface area (Å²) in [7, 11) is 0. The Kier molecular flexibility index (Phi) is 4.65. The third-order valence-electron chi connectivity index (χ3n) is 4.31. The lowest BCUT2D eigenvalue weighted by atomic mass is 9.90. The largest absolute Gasteiger partial charge is 0.382 e. The van der Waals surface area contributed by atoms with Gasteiger partial charge in [-0.15, -0.1) is 0 Å². The van der Waals surface area contributed by atoms with E-state index in [9.17, 15) is 0 Å². The quantitative estimate of drug-likeness (QED) is 0.874. The van der Waals surface area contributed by atoms with E-state index in [1.807, 2.05) is 0 Å². The molecule has 1 atom stereocenters. The van der Waals surface area contributed by atoms with Crippen LogP contribution in [0, 0.1) is 12.8 Å². The Labute approximate surface area is 111 Å². The van der Waals surface area contributed by atoms with Crippen LogP contribution in [0.3, 0.4) is 0 Å². The molecule has 0 spiro atoms. The number of aryl methyl sites for hydroxylation is 1. The molecule has 0 bridgehead atoms. The second kappa shape index (κ2) is 6.24. The van der Waals surface area contributed by atoms with Crippen LogP contribution in [-0.2, 0) is 0 Å². The third-order valence-corrected chi connectivity index (χ3v) is 4.31. The van der Waals surface area contributed by atoms with Crippen LogP contribution < -0.4 is 5.32 Å². The normalized spacial score (nSPS) is 19.7. The average molecular weight is 246 g/mol. The van der Waals surface area contributed by atoms with Crippen LogP contribution in [0.15, 0.2) is 24.3 Å². The van der Waals surface area contributed by atoms with E-state index in [0.717, 1.165) is 5.92 Å². The van der Waals surface area contributed by atoms with E-state index in [2.05, 4.69) is 55.3 Å². The van der Waals surface area contributed by atoms with Gasteiger partial charge in [0.05, 0.1) is 0 Å². The van der Waals surface area contributed by atoms with Crippen LogP contribution >= 0.6 is 0 Å². The molecule has 18 heavy (non-hydrogen) atoms. The molecule has 1 fully saturated rings. The Morgan fingerprint density at radius 3 is 2.56 bits per heavy atom. The van der Waals surface area contributed by atoms with Gasteiger partial charge in [0.1, 0.15) is 0 Å². The second-order valence-corrected chi connectivity index (χ2v) is 5.52. The third kappa shape index (κ3) is 3.26. The van der Waals surface area contributed by atoms with E-state index >= 15 is 0 Å². The maximum atomic E-state index is 3.69. The molecule has 0 saturated carbocycles. The number of piperidine rings is 1. The fourth-order valence-corrected chi connectivity index (χ4v) is 2.87. The smallest absolute Gasteiger partial charge is 0.0372 e. The molecule has 1 unspecified atom stereocenters. The molecule has 1 aromatic carbocycles. The molecule has 1 heterocycles. The molecule has 0 aromatic heterocycles. The summed E-state index contributed by atoms with van der Waals surface area (Å²) in [6.45, 7) is 10.5. The fraction of sp³-hybridized carbons (Fsp3) is 0.625. The first-order valence-corrected chi connectivity index (χ1v) is 7.25. The minimum atomic E-state index is 0.574. The number of para-hydroxylation sites is 1. The van der Waals surface area contributed by atoms with Gasteiger partial charge in [-0.05, 0) is 63.9 Å². The van der Waals surface area contributed by atoms with Crippen LogP contribution in [0.25, 0.3) is 0 Å². The van der Waals surface area contributed by atoms with Crippen molar-refractivity contribution in [2.75, 3.05) is 25.0 Å². The zero-order chi connectivity index (χ0) is 13.0. The zero-order valence-electron chi connectivity index (χ0n) is 11.9. The van der Waals surface area contributed by atoms with E-state index in [1.165, 1.54) is 43.7 Å². The molecular formula is C16H26N2. The van der Waals surface area contributed by atoms with Crippen molar-refractivity contribution in [2.45, 2.75) is 39.7 Å². The highest BCUT2D eigenvalue weighted by Crippen LogP contribution is 2.24. The molecule has 1 aliphatic rings. The van der Waals surface area contributed by atoms with Gasteiger partial charge in [-0.2, -0.15) is 0 Å². The number of anilines is 1. The van der Waals surface area contributed by atoms with Crippen LogP contribution in [-0.4, -0.2) is 30.6 Å². The SMILES string of the molecule is CCN1CCC(C(C)Nc2ccccc2C)CC1. The number of hydrogen-bond acceptors (Lipinski definition) is 2. The number of nitrogens with one attached hydrogen (secondary N) is 1. The summed E-state index contributed by atoms with van der Waals surface area (Å²) in [4.78, 5) is 2.55. The molecule has 2 nitrogen and oxygen atoms in total. The van der Waals surface area contributed by atoms with Crippen LogP contribution in [0.4, 0.5) is 5.69 Å². The van der Waals surface area contributed by atoms with Crippen molar-refractivity contribution >= 4 is 5.69 Å². The first-order valence-electron chi connectivity index (χ1n) is 7.25. The molecule has 0 radical (unpaired) electrons. The summed E-state index contributed by atoms with van der Waals surface area (Å²) in [6, 6.07) is 9.15. The fourth-order valence-electron chi connectivity index (χ4n) is 2.87. The maximum Gasteiger partial charge on any atom is 0.0372 e. The maximum absolute atomic E-state index is 3.69. The van der Waals surface area contributed by atoms with Crippen molar-refractivity contribution in [1.29, 1.82) is 0 Å². The highest BCUT2D eigenvalue weighted by atomic mass is 15.1. The van der Waals surface area contributed by atoms with Gasteiger partial charge in [-0.25, -0.2) is 0 Å². The van der Waals surface area contributed by atoms with E-state index in [1.54, 1.807) is 0 Å². The molecule has 1 N–H and O–H groups in total. The Morgan fingerprint density at radius 1 is 1.28 bits per heavy atom. The Balaban J connectivity index is 1.89.